The summed E-state index contributed by atoms with van der Waals surface area (Å²) in [6.45, 7) is 1.29. The number of halogens is 1. The number of imidazole rings is 1. The summed E-state index contributed by atoms with van der Waals surface area (Å²) in [5.41, 5.74) is 3.29. The van der Waals surface area contributed by atoms with Crippen LogP contribution >= 0.6 is 24.0 Å². The van der Waals surface area contributed by atoms with Crippen LogP contribution in [0.5, 0.6) is 5.75 Å². The number of nitrogens with one attached hydrogen (secondary N) is 2. The number of ether oxygens (including phenoxy) is 1. The van der Waals surface area contributed by atoms with Crippen LogP contribution in [-0.2, 0) is 20.1 Å². The Morgan fingerprint density at radius 3 is 2.42 bits per heavy atom. The van der Waals surface area contributed by atoms with Crippen LogP contribution in [0.15, 0.2) is 53.5 Å². The summed E-state index contributed by atoms with van der Waals surface area (Å²) in [4.78, 5) is 8.93. The quantitative estimate of drug-likeness (QED) is 0.346. The SMILES string of the molecule is CN=C(NCc1ccc(OC)cc1)NCc1nc2ccccc2n1C.I. The Labute approximate surface area is 170 Å². The average molecular weight is 465 g/mol. The van der Waals surface area contributed by atoms with Crippen molar-refractivity contribution in [1.29, 1.82) is 0 Å². The molecule has 26 heavy (non-hydrogen) atoms. The van der Waals surface area contributed by atoms with Gasteiger partial charge in [-0.25, -0.2) is 4.98 Å². The van der Waals surface area contributed by atoms with Crippen LogP contribution in [-0.4, -0.2) is 29.7 Å². The number of para-hydroxylation sites is 2. The van der Waals surface area contributed by atoms with Crippen molar-refractivity contribution in [1.82, 2.24) is 20.2 Å². The molecule has 0 aliphatic rings. The van der Waals surface area contributed by atoms with Crippen molar-refractivity contribution < 1.29 is 4.74 Å². The van der Waals surface area contributed by atoms with Gasteiger partial charge in [0.25, 0.3) is 0 Å². The molecule has 2 N–H and O–H groups in total. The third-order valence-corrected chi connectivity index (χ3v) is 4.14. The van der Waals surface area contributed by atoms with Gasteiger partial charge in [0, 0.05) is 20.6 Å². The number of hydrogen-bond acceptors (Lipinski definition) is 3. The Morgan fingerprint density at radius 2 is 1.77 bits per heavy atom. The first-order valence-electron chi connectivity index (χ1n) is 8.19. The number of nitrogens with zero attached hydrogens (tertiary/aromatic N) is 3. The molecule has 6 nitrogen and oxygen atoms in total. The minimum atomic E-state index is 0. The molecule has 0 atom stereocenters. The molecule has 138 valence electrons. The fourth-order valence-electron chi connectivity index (χ4n) is 2.67. The van der Waals surface area contributed by atoms with Gasteiger partial charge in [-0.1, -0.05) is 24.3 Å². The standard InChI is InChI=1S/C19H23N5O.HI/c1-20-19(21-12-14-8-10-15(25-3)11-9-14)22-13-18-23-16-6-4-5-7-17(16)24(18)2;/h4-11H,12-13H2,1-3H3,(H2,20,21,22);1H. The van der Waals surface area contributed by atoms with Gasteiger partial charge in [0.1, 0.15) is 11.6 Å². The highest BCUT2D eigenvalue weighted by Gasteiger charge is 2.07. The van der Waals surface area contributed by atoms with Gasteiger partial charge >= 0.3 is 0 Å². The highest BCUT2D eigenvalue weighted by Crippen LogP contribution is 2.14. The molecular weight excluding hydrogens is 441 g/mol. The number of aromatic nitrogens is 2. The molecule has 0 fully saturated rings. The fraction of sp³-hybridized carbons (Fsp3) is 0.263. The van der Waals surface area contributed by atoms with Crippen LogP contribution in [0.4, 0.5) is 0 Å². The number of aliphatic imine (C=N–C) groups is 1. The molecule has 0 aliphatic heterocycles. The summed E-state index contributed by atoms with van der Waals surface area (Å²) >= 11 is 0. The molecular formula is C19H24IN5O. The van der Waals surface area contributed by atoms with E-state index in [0.717, 1.165) is 34.1 Å². The van der Waals surface area contributed by atoms with E-state index in [0.29, 0.717) is 13.1 Å². The smallest absolute Gasteiger partial charge is 0.191 e. The van der Waals surface area contributed by atoms with E-state index in [1.165, 1.54) is 0 Å². The molecule has 2 aromatic carbocycles. The van der Waals surface area contributed by atoms with E-state index in [1.54, 1.807) is 14.2 Å². The summed E-state index contributed by atoms with van der Waals surface area (Å²) in [5.74, 6) is 2.56. The Balaban J connectivity index is 0.00000243. The van der Waals surface area contributed by atoms with Crippen LogP contribution in [0, 0.1) is 0 Å². The molecule has 0 saturated heterocycles. The van der Waals surface area contributed by atoms with Gasteiger partial charge in [0.05, 0.1) is 24.7 Å². The number of aryl methyl sites for hydroxylation is 1. The average Bonchev–Trinajstić information content (AvgIpc) is 2.98. The van der Waals surface area contributed by atoms with Crippen molar-refractivity contribution in [3.8, 4) is 5.75 Å². The first kappa shape index (κ1) is 20.0. The summed E-state index contributed by atoms with van der Waals surface area (Å²) in [6.07, 6.45) is 0. The lowest BCUT2D eigenvalue weighted by molar-refractivity contribution is 0.414. The molecule has 1 heterocycles. The van der Waals surface area contributed by atoms with Gasteiger partial charge in [0.15, 0.2) is 5.96 Å². The Kier molecular flexibility index (Phi) is 7.26. The topological polar surface area (TPSA) is 63.5 Å². The molecule has 3 aromatic rings. The van der Waals surface area contributed by atoms with Gasteiger partial charge in [-0.3, -0.25) is 4.99 Å². The van der Waals surface area contributed by atoms with Gasteiger partial charge in [-0.05, 0) is 29.8 Å². The highest BCUT2D eigenvalue weighted by molar-refractivity contribution is 14.0. The predicted octanol–water partition coefficient (Wildman–Crippen LogP) is 3.07. The van der Waals surface area contributed by atoms with E-state index in [4.69, 9.17) is 4.74 Å². The fourth-order valence-corrected chi connectivity index (χ4v) is 2.67. The van der Waals surface area contributed by atoms with Crippen LogP contribution in [0.25, 0.3) is 11.0 Å². The monoisotopic (exact) mass is 465 g/mol. The van der Waals surface area contributed by atoms with Crippen molar-refractivity contribution in [3.05, 3.63) is 59.9 Å². The lowest BCUT2D eigenvalue weighted by Gasteiger charge is -2.12. The number of methoxy groups -OCH3 is 1. The maximum atomic E-state index is 5.17. The summed E-state index contributed by atoms with van der Waals surface area (Å²) in [7, 11) is 5.46. The number of guanidine groups is 1. The molecule has 7 heteroatoms. The number of benzene rings is 2. The first-order chi connectivity index (χ1) is 12.2. The minimum absolute atomic E-state index is 0. The van der Waals surface area contributed by atoms with Crippen molar-refractivity contribution in [2.24, 2.45) is 12.0 Å². The second kappa shape index (κ2) is 9.42. The van der Waals surface area contributed by atoms with E-state index < -0.39 is 0 Å². The van der Waals surface area contributed by atoms with E-state index in [9.17, 15) is 0 Å². The Morgan fingerprint density at radius 1 is 1.08 bits per heavy atom. The molecule has 1 aromatic heterocycles. The van der Waals surface area contributed by atoms with E-state index in [-0.39, 0.29) is 24.0 Å². The van der Waals surface area contributed by atoms with E-state index in [1.807, 2.05) is 49.5 Å². The Hall–Kier alpha value is -2.29. The molecule has 0 bridgehead atoms. The van der Waals surface area contributed by atoms with Crippen LogP contribution in [0.2, 0.25) is 0 Å². The predicted molar refractivity (Wildman–Crippen MR) is 116 cm³/mol. The van der Waals surface area contributed by atoms with Crippen molar-refractivity contribution in [3.63, 3.8) is 0 Å². The molecule has 0 unspecified atom stereocenters. The van der Waals surface area contributed by atoms with Crippen LogP contribution in [0.1, 0.15) is 11.4 Å². The zero-order valence-corrected chi connectivity index (χ0v) is 17.5. The highest BCUT2D eigenvalue weighted by atomic mass is 127. The largest absolute Gasteiger partial charge is 0.497 e. The molecule has 0 radical (unpaired) electrons. The summed E-state index contributed by atoms with van der Waals surface area (Å²) < 4.78 is 7.27. The number of fused-ring (bicyclic) bond motifs is 1. The third-order valence-electron chi connectivity index (χ3n) is 4.14. The number of rotatable bonds is 5. The molecule has 0 spiro atoms. The zero-order valence-electron chi connectivity index (χ0n) is 15.2. The van der Waals surface area contributed by atoms with Crippen molar-refractivity contribution in [2.45, 2.75) is 13.1 Å². The van der Waals surface area contributed by atoms with E-state index >= 15 is 0 Å². The number of hydrogen-bond donors (Lipinski definition) is 2. The van der Waals surface area contributed by atoms with Crippen molar-refractivity contribution >= 4 is 41.0 Å². The molecule has 3 rings (SSSR count). The lowest BCUT2D eigenvalue weighted by atomic mass is 10.2. The van der Waals surface area contributed by atoms with Gasteiger partial charge in [0.2, 0.25) is 0 Å². The van der Waals surface area contributed by atoms with Crippen molar-refractivity contribution in [2.75, 3.05) is 14.2 Å². The van der Waals surface area contributed by atoms with Gasteiger partial charge in [-0.2, -0.15) is 0 Å². The van der Waals surface area contributed by atoms with Crippen LogP contribution < -0.4 is 15.4 Å². The summed E-state index contributed by atoms with van der Waals surface area (Å²) in [5, 5.41) is 6.62. The summed E-state index contributed by atoms with van der Waals surface area (Å²) in [6, 6.07) is 16.1. The second-order valence-electron chi connectivity index (χ2n) is 5.70. The Bertz CT molecular complexity index is 873. The lowest BCUT2D eigenvalue weighted by Crippen LogP contribution is -2.36. The molecule has 0 amide bonds. The third kappa shape index (κ3) is 4.66. The van der Waals surface area contributed by atoms with Gasteiger partial charge < -0.3 is 19.9 Å². The minimum Gasteiger partial charge on any atom is -0.497 e. The normalized spacial score (nSPS) is 11.1. The second-order valence-corrected chi connectivity index (χ2v) is 5.70. The molecule has 0 aliphatic carbocycles. The molecule has 0 saturated carbocycles. The van der Waals surface area contributed by atoms with E-state index in [2.05, 4.69) is 31.2 Å². The zero-order chi connectivity index (χ0) is 17.6. The first-order valence-corrected chi connectivity index (χ1v) is 8.19. The maximum absolute atomic E-state index is 5.17. The maximum Gasteiger partial charge on any atom is 0.191 e. The van der Waals surface area contributed by atoms with Gasteiger partial charge in [-0.15, -0.1) is 24.0 Å². The van der Waals surface area contributed by atoms with Crippen LogP contribution in [0.3, 0.4) is 0 Å².